The Morgan fingerprint density at radius 2 is 0.906 bits per heavy atom. The van der Waals surface area contributed by atoms with E-state index in [0.717, 1.165) is 51.4 Å². The monoisotopic (exact) mass is 771 g/mol. The number of carbonyl (C=O) groups is 2. The van der Waals surface area contributed by atoms with Crippen LogP contribution in [0.25, 0.3) is 0 Å². The maximum atomic E-state index is 12.6. The normalized spacial score (nSPS) is 13.5. The molecule has 0 fully saturated rings. The van der Waals surface area contributed by atoms with Crippen LogP contribution in [-0.4, -0.2) is 42.8 Å². The van der Waals surface area contributed by atoms with Crippen LogP contribution in [0.3, 0.4) is 0 Å². The lowest BCUT2D eigenvalue weighted by molar-refractivity contribution is -0.161. The molecule has 0 saturated heterocycles. The minimum absolute atomic E-state index is 0.000688. The first kappa shape index (κ1) is 51.5. The van der Waals surface area contributed by atoms with Crippen LogP contribution in [0, 0.1) is 0 Å². The molecule has 0 rings (SSSR count). The van der Waals surface area contributed by atoms with Crippen molar-refractivity contribution in [3.05, 3.63) is 24.3 Å². The SMILES string of the molecule is CCCCCC/C=C\C/C=C\CCCCCCCCCC(=O)OC(COC(=O)CCCCCCCCCCCCCCCCC)COP(=O)(O)OCC. The van der Waals surface area contributed by atoms with Gasteiger partial charge in [0.25, 0.3) is 0 Å². The van der Waals surface area contributed by atoms with E-state index in [1.54, 1.807) is 6.92 Å². The second-order valence-electron chi connectivity index (χ2n) is 14.7. The van der Waals surface area contributed by atoms with Gasteiger partial charge in [-0.05, 0) is 51.9 Å². The number of ether oxygens (including phenoxy) is 2. The molecule has 0 aromatic rings. The number of carbonyl (C=O) groups excluding carboxylic acids is 2. The fourth-order valence-corrected chi connectivity index (χ4v) is 7.00. The molecule has 0 aliphatic rings. The molecule has 0 aromatic carbocycles. The van der Waals surface area contributed by atoms with E-state index in [4.69, 9.17) is 18.5 Å². The van der Waals surface area contributed by atoms with E-state index in [0.29, 0.717) is 12.8 Å². The Bertz CT molecular complexity index is 921. The van der Waals surface area contributed by atoms with E-state index in [-0.39, 0.29) is 25.6 Å². The first-order chi connectivity index (χ1) is 25.8. The third-order valence-corrected chi connectivity index (χ3v) is 10.6. The summed E-state index contributed by atoms with van der Waals surface area (Å²) in [7, 11) is -4.28. The molecule has 0 heterocycles. The first-order valence-corrected chi connectivity index (χ1v) is 23.6. The van der Waals surface area contributed by atoms with Crippen molar-refractivity contribution in [2.75, 3.05) is 19.8 Å². The minimum Gasteiger partial charge on any atom is -0.462 e. The second-order valence-corrected chi connectivity index (χ2v) is 16.2. The number of hydrogen-bond acceptors (Lipinski definition) is 7. The fraction of sp³-hybridized carbons (Fsp3) is 0.864. The molecular formula is C44H83O8P. The molecule has 0 aromatic heterocycles. The summed E-state index contributed by atoms with van der Waals surface area (Å²) in [5.41, 5.74) is 0. The highest BCUT2D eigenvalue weighted by Gasteiger charge is 2.25. The van der Waals surface area contributed by atoms with Gasteiger partial charge in [-0.15, -0.1) is 0 Å². The highest BCUT2D eigenvalue weighted by Crippen LogP contribution is 2.43. The molecule has 2 unspecified atom stereocenters. The van der Waals surface area contributed by atoms with Crippen LogP contribution in [0.15, 0.2) is 24.3 Å². The van der Waals surface area contributed by atoms with E-state index >= 15 is 0 Å². The van der Waals surface area contributed by atoms with Crippen LogP contribution < -0.4 is 0 Å². The summed E-state index contributed by atoms with van der Waals surface area (Å²) in [6.45, 7) is 5.47. The quantitative estimate of drug-likeness (QED) is 0.0283. The fourth-order valence-electron chi connectivity index (χ4n) is 6.25. The molecule has 0 saturated carbocycles. The van der Waals surface area contributed by atoms with Crippen molar-refractivity contribution < 1.29 is 37.6 Å². The largest absolute Gasteiger partial charge is 0.472 e. The third kappa shape index (κ3) is 40.0. The highest BCUT2D eigenvalue weighted by atomic mass is 31.2. The molecule has 8 nitrogen and oxygen atoms in total. The standard InChI is InChI=1S/C44H83O8P/c1-4-7-9-11-13-15-17-19-21-22-23-25-27-29-31-33-35-37-39-44(46)52-42(41-51-53(47,48)50-6-3)40-49-43(45)38-36-34-32-30-28-26-24-20-18-16-14-12-10-8-5-2/h15,17,21-22,42H,4-14,16,18-20,23-41H2,1-3H3,(H,47,48)/b17-15-,22-21-. The Hall–Kier alpha value is -1.47. The summed E-state index contributed by atoms with van der Waals surface area (Å²) >= 11 is 0. The lowest BCUT2D eigenvalue weighted by atomic mass is 10.0. The second kappa shape index (κ2) is 40.2. The lowest BCUT2D eigenvalue weighted by Gasteiger charge is -2.19. The molecule has 53 heavy (non-hydrogen) atoms. The van der Waals surface area contributed by atoms with Gasteiger partial charge in [-0.3, -0.25) is 18.6 Å². The molecule has 0 radical (unpaired) electrons. The summed E-state index contributed by atoms with van der Waals surface area (Å²) in [4.78, 5) is 34.8. The van der Waals surface area contributed by atoms with Crippen LogP contribution in [0.4, 0.5) is 0 Å². The zero-order valence-electron chi connectivity index (χ0n) is 34.7. The van der Waals surface area contributed by atoms with Gasteiger partial charge in [0.05, 0.1) is 13.2 Å². The molecule has 0 spiro atoms. The number of unbranched alkanes of at least 4 members (excludes halogenated alkanes) is 25. The predicted molar refractivity (Wildman–Crippen MR) is 221 cm³/mol. The van der Waals surface area contributed by atoms with Crippen molar-refractivity contribution in [2.24, 2.45) is 0 Å². The summed E-state index contributed by atoms with van der Waals surface area (Å²) < 4.78 is 32.7. The molecule has 312 valence electrons. The van der Waals surface area contributed by atoms with Gasteiger partial charge in [0, 0.05) is 12.8 Å². The number of phosphoric ester groups is 1. The highest BCUT2D eigenvalue weighted by molar-refractivity contribution is 7.47. The number of allylic oxidation sites excluding steroid dienone is 4. The molecule has 2 atom stereocenters. The van der Waals surface area contributed by atoms with Crippen molar-refractivity contribution in [3.63, 3.8) is 0 Å². The first-order valence-electron chi connectivity index (χ1n) is 22.1. The van der Waals surface area contributed by atoms with Crippen LogP contribution in [0.1, 0.15) is 220 Å². The van der Waals surface area contributed by atoms with Crippen LogP contribution in [-0.2, 0) is 32.7 Å². The van der Waals surface area contributed by atoms with Gasteiger partial charge < -0.3 is 14.4 Å². The van der Waals surface area contributed by atoms with Crippen molar-refractivity contribution in [1.29, 1.82) is 0 Å². The number of esters is 2. The predicted octanol–water partition coefficient (Wildman–Crippen LogP) is 13.8. The zero-order valence-corrected chi connectivity index (χ0v) is 35.6. The minimum atomic E-state index is -4.28. The molecule has 0 aliphatic heterocycles. The zero-order chi connectivity index (χ0) is 38.9. The average molecular weight is 771 g/mol. The van der Waals surface area contributed by atoms with Gasteiger partial charge in [0.1, 0.15) is 6.61 Å². The summed E-state index contributed by atoms with van der Waals surface area (Å²) in [6.07, 6.45) is 43.7. The number of rotatable bonds is 41. The van der Waals surface area contributed by atoms with Crippen molar-refractivity contribution in [2.45, 2.75) is 226 Å². The van der Waals surface area contributed by atoms with Gasteiger partial charge in [-0.2, -0.15) is 0 Å². The van der Waals surface area contributed by atoms with Gasteiger partial charge in [-0.25, -0.2) is 4.57 Å². The Morgan fingerprint density at radius 1 is 0.509 bits per heavy atom. The Morgan fingerprint density at radius 3 is 1.36 bits per heavy atom. The molecule has 0 amide bonds. The van der Waals surface area contributed by atoms with Gasteiger partial charge in [-0.1, -0.05) is 179 Å². The Balaban J connectivity index is 4.06. The van der Waals surface area contributed by atoms with E-state index in [9.17, 15) is 19.0 Å². The molecule has 9 heteroatoms. The molecular weight excluding hydrogens is 687 g/mol. The lowest BCUT2D eigenvalue weighted by Crippen LogP contribution is -2.29. The van der Waals surface area contributed by atoms with Gasteiger partial charge in [0.2, 0.25) is 0 Å². The Kier molecular flexibility index (Phi) is 39.1. The number of hydrogen-bond donors (Lipinski definition) is 1. The molecule has 1 N–H and O–H groups in total. The van der Waals surface area contributed by atoms with Crippen molar-refractivity contribution >= 4 is 19.8 Å². The van der Waals surface area contributed by atoms with Crippen molar-refractivity contribution in [3.8, 4) is 0 Å². The number of phosphoric acid groups is 1. The van der Waals surface area contributed by atoms with Gasteiger partial charge >= 0.3 is 19.8 Å². The van der Waals surface area contributed by atoms with E-state index < -0.39 is 26.5 Å². The maximum Gasteiger partial charge on any atom is 0.472 e. The summed E-state index contributed by atoms with van der Waals surface area (Å²) in [5.74, 6) is -0.797. The molecule has 0 aliphatic carbocycles. The van der Waals surface area contributed by atoms with E-state index in [1.165, 1.54) is 128 Å². The smallest absolute Gasteiger partial charge is 0.462 e. The topological polar surface area (TPSA) is 108 Å². The molecule has 0 bridgehead atoms. The van der Waals surface area contributed by atoms with Crippen LogP contribution in [0.2, 0.25) is 0 Å². The van der Waals surface area contributed by atoms with E-state index in [1.807, 2.05) is 0 Å². The maximum absolute atomic E-state index is 12.6. The van der Waals surface area contributed by atoms with E-state index in [2.05, 4.69) is 38.2 Å². The van der Waals surface area contributed by atoms with Crippen LogP contribution in [0.5, 0.6) is 0 Å². The van der Waals surface area contributed by atoms with Gasteiger partial charge in [0.15, 0.2) is 6.10 Å². The summed E-state index contributed by atoms with van der Waals surface area (Å²) in [6, 6.07) is 0. The Labute approximate surface area is 326 Å². The van der Waals surface area contributed by atoms with Crippen molar-refractivity contribution in [1.82, 2.24) is 0 Å². The van der Waals surface area contributed by atoms with Crippen LogP contribution >= 0.6 is 7.82 Å². The third-order valence-electron chi connectivity index (χ3n) is 9.51. The summed E-state index contributed by atoms with van der Waals surface area (Å²) in [5, 5.41) is 0. The average Bonchev–Trinajstić information content (AvgIpc) is 3.13.